The Kier molecular flexibility index (Phi) is 5.23. The molecule has 0 saturated heterocycles. The van der Waals surface area contributed by atoms with E-state index in [2.05, 4.69) is 9.88 Å². The number of benzene rings is 1. The van der Waals surface area contributed by atoms with E-state index in [1.807, 2.05) is 12.1 Å². The Morgan fingerprint density at radius 2 is 1.60 bits per heavy atom. The van der Waals surface area contributed by atoms with E-state index in [0.29, 0.717) is 17.4 Å². The number of anilines is 1. The molecule has 80 valence electrons. The summed E-state index contributed by atoms with van der Waals surface area (Å²) in [5.74, 6) is 1.12. The van der Waals surface area contributed by atoms with Gasteiger partial charge in [0, 0.05) is 42.7 Å². The van der Waals surface area contributed by atoms with Crippen LogP contribution in [0.3, 0.4) is 0 Å². The lowest BCUT2D eigenvalue weighted by molar-refractivity contribution is 0.874. The maximum atomic E-state index is 8.54. The molecular formula is C10H12Cl2N3+. The van der Waals surface area contributed by atoms with Crippen LogP contribution in [-0.4, -0.2) is 24.8 Å². The molecule has 0 unspecified atom stereocenters. The van der Waals surface area contributed by atoms with E-state index in [1.54, 1.807) is 12.1 Å². The lowest BCUT2D eigenvalue weighted by Gasteiger charge is -2.22. The van der Waals surface area contributed by atoms with Crippen LogP contribution in [0, 0.1) is 5.39 Å². The van der Waals surface area contributed by atoms with Crippen LogP contribution in [0.2, 0.25) is 0 Å². The molecule has 0 N–H and O–H groups in total. The van der Waals surface area contributed by atoms with Gasteiger partial charge in [-0.3, -0.25) is 0 Å². The minimum absolute atomic E-state index is 0.537. The number of nitrogens with zero attached hydrogens (tertiary/aromatic N) is 3. The summed E-state index contributed by atoms with van der Waals surface area (Å²) >= 11 is 11.4. The quantitative estimate of drug-likeness (QED) is 0.587. The fourth-order valence-corrected chi connectivity index (χ4v) is 1.71. The fraction of sp³-hybridized carbons (Fsp3) is 0.400. The summed E-state index contributed by atoms with van der Waals surface area (Å²) in [7, 11) is 0. The predicted molar refractivity (Wildman–Crippen MR) is 64.8 cm³/mol. The van der Waals surface area contributed by atoms with Gasteiger partial charge in [0.05, 0.1) is 0 Å². The second-order valence-electron chi connectivity index (χ2n) is 2.98. The second-order valence-corrected chi connectivity index (χ2v) is 3.74. The third kappa shape index (κ3) is 3.58. The Hall–Kier alpha value is -0.980. The van der Waals surface area contributed by atoms with Crippen LogP contribution < -0.4 is 4.90 Å². The molecule has 3 nitrogen and oxygen atoms in total. The first kappa shape index (κ1) is 12.1. The van der Waals surface area contributed by atoms with Crippen LogP contribution in [0.5, 0.6) is 0 Å². The summed E-state index contributed by atoms with van der Waals surface area (Å²) in [4.78, 5) is 5.18. The first-order valence-electron chi connectivity index (χ1n) is 4.64. The molecule has 0 fully saturated rings. The molecule has 1 aromatic rings. The van der Waals surface area contributed by atoms with Crippen molar-refractivity contribution in [3.8, 4) is 0 Å². The summed E-state index contributed by atoms with van der Waals surface area (Å²) in [6, 6.07) is 7.25. The third-order valence-electron chi connectivity index (χ3n) is 2.04. The van der Waals surface area contributed by atoms with Crippen molar-refractivity contribution in [2.24, 2.45) is 0 Å². The second kappa shape index (κ2) is 6.49. The first-order chi connectivity index (χ1) is 7.31. The summed E-state index contributed by atoms with van der Waals surface area (Å²) in [5.41, 5.74) is 1.57. The van der Waals surface area contributed by atoms with E-state index in [1.165, 1.54) is 0 Å². The van der Waals surface area contributed by atoms with Gasteiger partial charge in [-0.05, 0) is 12.1 Å². The highest BCUT2D eigenvalue weighted by molar-refractivity contribution is 6.18. The van der Waals surface area contributed by atoms with Crippen molar-refractivity contribution in [3.63, 3.8) is 0 Å². The molecule has 0 aliphatic rings. The van der Waals surface area contributed by atoms with Gasteiger partial charge in [0.15, 0.2) is 4.98 Å². The first-order valence-corrected chi connectivity index (χ1v) is 5.70. The Bertz CT molecular complexity index is 326. The number of diazo groups is 1. The van der Waals surface area contributed by atoms with Crippen LogP contribution in [-0.2, 0) is 0 Å². The molecule has 0 aliphatic carbocycles. The van der Waals surface area contributed by atoms with Crippen molar-refractivity contribution in [2.75, 3.05) is 29.7 Å². The zero-order valence-corrected chi connectivity index (χ0v) is 9.75. The van der Waals surface area contributed by atoms with E-state index in [4.69, 9.17) is 28.6 Å². The molecule has 0 heterocycles. The zero-order chi connectivity index (χ0) is 11.1. The van der Waals surface area contributed by atoms with E-state index < -0.39 is 0 Å². The lowest BCUT2D eigenvalue weighted by atomic mass is 10.2. The predicted octanol–water partition coefficient (Wildman–Crippen LogP) is 3.46. The normalized spacial score (nSPS) is 9.67. The summed E-state index contributed by atoms with van der Waals surface area (Å²) in [6.45, 7) is 1.51. The summed E-state index contributed by atoms with van der Waals surface area (Å²) < 4.78 is 0. The zero-order valence-electron chi connectivity index (χ0n) is 8.24. The van der Waals surface area contributed by atoms with Crippen LogP contribution in [0.1, 0.15) is 0 Å². The number of hydrogen-bond acceptors (Lipinski definition) is 2. The number of alkyl halides is 2. The van der Waals surface area contributed by atoms with Gasteiger partial charge in [-0.15, -0.1) is 23.2 Å². The molecule has 0 amide bonds. The molecule has 5 heteroatoms. The highest BCUT2D eigenvalue weighted by atomic mass is 35.5. The maximum Gasteiger partial charge on any atom is 0.385 e. The van der Waals surface area contributed by atoms with Crippen LogP contribution in [0.4, 0.5) is 11.4 Å². The largest absolute Gasteiger partial charge is 0.385 e. The lowest BCUT2D eigenvalue weighted by Crippen LogP contribution is -2.27. The standard InChI is InChI=1S/C10H12Cl2N3/c11-5-7-15(8-6-12)10-3-1-9(14-13)2-4-10/h1-4H,5-8H2/q+1. The molecule has 0 aliphatic heterocycles. The van der Waals surface area contributed by atoms with Crippen molar-refractivity contribution in [1.29, 1.82) is 5.39 Å². The molecule has 0 atom stereocenters. The summed E-state index contributed by atoms with van der Waals surface area (Å²) in [6.07, 6.45) is 0. The highest BCUT2D eigenvalue weighted by Crippen LogP contribution is 2.19. The van der Waals surface area contributed by atoms with E-state index >= 15 is 0 Å². The van der Waals surface area contributed by atoms with Gasteiger partial charge in [0.1, 0.15) is 0 Å². The van der Waals surface area contributed by atoms with Gasteiger partial charge in [-0.1, -0.05) is 0 Å². The maximum absolute atomic E-state index is 8.54. The Morgan fingerprint density at radius 1 is 1.07 bits per heavy atom. The molecule has 1 rings (SSSR count). The molecule has 0 saturated carbocycles. The SMILES string of the molecule is N#[N+]c1ccc(N(CCCl)CCCl)cc1. The smallest absolute Gasteiger partial charge is 0.369 e. The molecule has 0 bridgehead atoms. The molecule has 0 radical (unpaired) electrons. The molecular weight excluding hydrogens is 233 g/mol. The van der Waals surface area contributed by atoms with Gasteiger partial charge >= 0.3 is 5.69 Å². The Morgan fingerprint density at radius 3 is 2.00 bits per heavy atom. The number of halogens is 2. The Labute approximate surface area is 99.2 Å². The summed E-state index contributed by atoms with van der Waals surface area (Å²) in [5, 5.41) is 8.54. The van der Waals surface area contributed by atoms with E-state index in [9.17, 15) is 0 Å². The Balaban J connectivity index is 2.77. The highest BCUT2D eigenvalue weighted by Gasteiger charge is 2.08. The van der Waals surface area contributed by atoms with E-state index in [-0.39, 0.29) is 0 Å². The minimum atomic E-state index is 0.537. The average molecular weight is 245 g/mol. The van der Waals surface area contributed by atoms with Crippen molar-refractivity contribution in [2.45, 2.75) is 0 Å². The van der Waals surface area contributed by atoms with Crippen LogP contribution in [0.25, 0.3) is 4.98 Å². The minimum Gasteiger partial charge on any atom is -0.369 e. The van der Waals surface area contributed by atoms with Crippen LogP contribution in [0.15, 0.2) is 24.3 Å². The fourth-order valence-electron chi connectivity index (χ4n) is 1.30. The number of hydrogen-bond donors (Lipinski definition) is 0. The number of rotatable bonds is 5. The van der Waals surface area contributed by atoms with Gasteiger partial charge < -0.3 is 4.90 Å². The van der Waals surface area contributed by atoms with Crippen molar-refractivity contribution >= 4 is 34.6 Å². The van der Waals surface area contributed by atoms with Crippen molar-refractivity contribution in [1.82, 2.24) is 0 Å². The monoisotopic (exact) mass is 244 g/mol. The molecule has 1 aromatic carbocycles. The topological polar surface area (TPSA) is 31.4 Å². The van der Waals surface area contributed by atoms with Gasteiger partial charge in [0.2, 0.25) is 5.39 Å². The van der Waals surface area contributed by atoms with Crippen molar-refractivity contribution < 1.29 is 0 Å². The van der Waals surface area contributed by atoms with Gasteiger partial charge in [-0.2, -0.15) is 0 Å². The molecule has 15 heavy (non-hydrogen) atoms. The average Bonchev–Trinajstić information content (AvgIpc) is 2.29. The third-order valence-corrected chi connectivity index (χ3v) is 2.38. The molecule has 0 aromatic heterocycles. The van der Waals surface area contributed by atoms with E-state index in [0.717, 1.165) is 18.8 Å². The van der Waals surface area contributed by atoms with Gasteiger partial charge in [0.25, 0.3) is 0 Å². The van der Waals surface area contributed by atoms with Crippen LogP contribution >= 0.6 is 23.2 Å². The molecule has 0 spiro atoms. The van der Waals surface area contributed by atoms with Gasteiger partial charge in [-0.25, -0.2) is 0 Å². The van der Waals surface area contributed by atoms with Crippen molar-refractivity contribution in [3.05, 3.63) is 29.2 Å².